The van der Waals surface area contributed by atoms with E-state index in [1.807, 2.05) is 0 Å². The predicted octanol–water partition coefficient (Wildman–Crippen LogP) is 16.8. The van der Waals surface area contributed by atoms with Gasteiger partial charge in [-0.15, -0.1) is 0 Å². The van der Waals surface area contributed by atoms with E-state index in [0.29, 0.717) is 34.5 Å². The van der Waals surface area contributed by atoms with Gasteiger partial charge in [0.1, 0.15) is 0 Å². The fraction of sp³-hybridized carbons (Fsp3) is 0.508. The molecule has 6 saturated carbocycles. The van der Waals surface area contributed by atoms with Crippen LogP contribution in [0, 0.1) is 81.8 Å². The number of nitriles is 2. The van der Waals surface area contributed by atoms with Gasteiger partial charge >= 0.3 is 0 Å². The number of aromatic nitrogens is 1. The van der Waals surface area contributed by atoms with Gasteiger partial charge in [-0.25, -0.2) is 0 Å². The largest absolute Gasteiger partial charge is 0.308 e. The standard InChI is InChI=1S/C65H65N3/c1-32-10-9-11-33(2)51(32)34-12-13-48-45(18-34)46-23-47-56-49(19-39(28-66)52-35-14-41-21-43-16-37(54(52)56)26-63(41,43)24-35)68-50-20-40(29-67)53-36-15-42-22-44-17-38(27-64(42,44)25-36)55(53)57(50)58(60(47)68)59(46)65(48,30-61(3,4)5)31-62(6,7)8/h9-13,18-20,23,35-38,41-44H,14-17,21-22,24-27,30-31H2,1-8H3. The predicted molar refractivity (Wildman–Crippen MR) is 276 cm³/mol. The van der Waals surface area contributed by atoms with Crippen LogP contribution in [0.3, 0.4) is 0 Å². The van der Waals surface area contributed by atoms with Crippen molar-refractivity contribution in [1.82, 2.24) is 4.40 Å². The minimum Gasteiger partial charge on any atom is -0.308 e. The Morgan fingerprint density at radius 3 is 1.59 bits per heavy atom. The van der Waals surface area contributed by atoms with Gasteiger partial charge in [-0.05, 0) is 251 Å². The normalized spacial score (nSPS) is 32.4. The zero-order chi connectivity index (χ0) is 46.1. The van der Waals surface area contributed by atoms with Gasteiger partial charge in [0, 0.05) is 27.0 Å². The smallest absolute Gasteiger partial charge is 0.0995 e. The number of hydrogen-bond acceptors (Lipinski definition) is 2. The van der Waals surface area contributed by atoms with Crippen molar-refractivity contribution in [1.29, 1.82) is 10.5 Å². The molecule has 3 nitrogen and oxygen atoms in total. The molecule has 2 aromatic heterocycles. The Hall–Kier alpha value is -5.12. The summed E-state index contributed by atoms with van der Waals surface area (Å²) in [5, 5.41) is 28.7. The SMILES string of the molecule is Cc1cccc(C)c1-c1ccc2c(c1)-c1cc3c4c5c(c(C#N)cc4n4c6cc(C#N)c7c(c6c(c1C2(CC(C)(C)C)CC(C)(C)C)c34)C1CC2CC3CC7CC32C1)C1CC2CC3CC5CC23C1. The van der Waals surface area contributed by atoms with Gasteiger partial charge < -0.3 is 4.40 Å². The lowest BCUT2D eigenvalue weighted by molar-refractivity contribution is 0.00321. The van der Waals surface area contributed by atoms with E-state index in [2.05, 4.69) is 127 Å². The zero-order valence-corrected chi connectivity index (χ0v) is 41.6. The van der Waals surface area contributed by atoms with Crippen molar-refractivity contribution in [2.45, 2.75) is 162 Å². The van der Waals surface area contributed by atoms with E-state index in [1.165, 1.54) is 152 Å². The fourth-order valence-corrected chi connectivity index (χ4v) is 20.8. The molecule has 5 aromatic carbocycles. The monoisotopic (exact) mass is 888 g/mol. The molecule has 3 heteroatoms. The van der Waals surface area contributed by atoms with Crippen LogP contribution in [0.5, 0.6) is 0 Å². The first-order valence-electron chi connectivity index (χ1n) is 27.0. The quantitative estimate of drug-likeness (QED) is 0.177. The van der Waals surface area contributed by atoms with E-state index >= 15 is 0 Å². The lowest BCUT2D eigenvalue weighted by Gasteiger charge is -2.48. The minimum absolute atomic E-state index is 0.0439. The van der Waals surface area contributed by atoms with Crippen molar-refractivity contribution in [3.63, 3.8) is 0 Å². The lowest BCUT2D eigenvalue weighted by atomic mass is 9.56. The van der Waals surface area contributed by atoms with Crippen molar-refractivity contribution in [2.24, 2.45) is 45.3 Å². The summed E-state index contributed by atoms with van der Waals surface area (Å²) in [6, 6.07) is 27.8. The van der Waals surface area contributed by atoms with E-state index < -0.39 is 0 Å². The third kappa shape index (κ3) is 4.43. The van der Waals surface area contributed by atoms with Crippen LogP contribution in [-0.2, 0) is 5.41 Å². The average Bonchev–Trinajstić information content (AvgIpc) is 4.09. The second-order valence-corrected chi connectivity index (χ2v) is 27.8. The number of nitrogens with zero attached hydrogens (tertiary/aromatic N) is 3. The number of aryl methyl sites for hydroxylation is 2. The minimum atomic E-state index is -0.247. The van der Waals surface area contributed by atoms with Gasteiger partial charge in [0.2, 0.25) is 0 Å². The van der Waals surface area contributed by atoms with E-state index in [9.17, 15) is 10.5 Å². The third-order valence-electron chi connectivity index (χ3n) is 22.1. The van der Waals surface area contributed by atoms with Crippen LogP contribution < -0.4 is 0 Å². The molecule has 2 spiro atoms. The first-order valence-corrected chi connectivity index (χ1v) is 27.0. The van der Waals surface area contributed by atoms with Crippen LogP contribution in [0.2, 0.25) is 0 Å². The van der Waals surface area contributed by atoms with Gasteiger partial charge in [0.15, 0.2) is 0 Å². The fourth-order valence-electron chi connectivity index (χ4n) is 20.8. The highest BCUT2D eigenvalue weighted by molar-refractivity contribution is 6.28. The molecule has 340 valence electrons. The maximum absolute atomic E-state index is 11.5. The molecule has 2 heterocycles. The van der Waals surface area contributed by atoms with Crippen molar-refractivity contribution >= 4 is 38.1 Å². The summed E-state index contributed by atoms with van der Waals surface area (Å²) in [5.41, 5.74) is 23.8. The Labute approximate surface area is 402 Å². The number of rotatable bonds is 3. The lowest BCUT2D eigenvalue weighted by Crippen LogP contribution is -2.41. The highest BCUT2D eigenvalue weighted by Crippen LogP contribution is 2.79. The van der Waals surface area contributed by atoms with Crippen LogP contribution in [0.15, 0.2) is 54.6 Å². The van der Waals surface area contributed by atoms with Gasteiger partial charge in [-0.1, -0.05) is 71.9 Å². The molecule has 9 aliphatic carbocycles. The highest BCUT2D eigenvalue weighted by Gasteiger charge is 2.67. The average molecular weight is 888 g/mol. The first-order chi connectivity index (χ1) is 32.5. The maximum atomic E-state index is 11.5. The molecule has 6 fully saturated rings. The Kier molecular flexibility index (Phi) is 7.04. The van der Waals surface area contributed by atoms with Crippen LogP contribution >= 0.6 is 0 Å². The summed E-state index contributed by atoms with van der Waals surface area (Å²) in [5.74, 6) is 5.29. The summed E-state index contributed by atoms with van der Waals surface area (Å²) in [6.45, 7) is 19.5. The van der Waals surface area contributed by atoms with Crippen LogP contribution in [0.1, 0.15) is 198 Å². The molecule has 0 aliphatic heterocycles. The molecule has 68 heavy (non-hydrogen) atoms. The number of fused-ring (bicyclic) bond motifs is 22. The highest BCUT2D eigenvalue weighted by atomic mass is 14.9. The zero-order valence-electron chi connectivity index (χ0n) is 41.6. The number of hydrogen-bond donors (Lipinski definition) is 0. The molecule has 10 atom stereocenters. The van der Waals surface area contributed by atoms with E-state index in [1.54, 1.807) is 16.7 Å². The van der Waals surface area contributed by atoms with E-state index in [0.717, 1.165) is 47.6 Å². The molecule has 9 aliphatic rings. The third-order valence-corrected chi connectivity index (χ3v) is 22.1. The summed E-state index contributed by atoms with van der Waals surface area (Å²) >= 11 is 0. The Balaban J connectivity index is 1.13. The molecular weight excluding hydrogens is 823 g/mol. The molecule has 7 aromatic rings. The number of benzene rings is 5. The summed E-state index contributed by atoms with van der Waals surface area (Å²) in [7, 11) is 0. The molecule has 0 amide bonds. The maximum Gasteiger partial charge on any atom is 0.0995 e. The second kappa shape index (κ2) is 12.1. The molecule has 10 unspecified atom stereocenters. The summed E-state index contributed by atoms with van der Waals surface area (Å²) in [4.78, 5) is 0. The first kappa shape index (κ1) is 39.7. The Morgan fingerprint density at radius 1 is 0.574 bits per heavy atom. The molecular formula is C65H65N3. The van der Waals surface area contributed by atoms with Crippen LogP contribution in [0.4, 0.5) is 0 Å². The summed E-state index contributed by atoms with van der Waals surface area (Å²) in [6.07, 6.45) is 15.1. The molecule has 16 rings (SSSR count). The molecule has 0 radical (unpaired) electrons. The molecule has 0 saturated heterocycles. The Bertz CT molecular complexity index is 3590. The van der Waals surface area contributed by atoms with Crippen molar-refractivity contribution in [3.05, 3.63) is 110 Å². The van der Waals surface area contributed by atoms with E-state index in [4.69, 9.17) is 0 Å². The van der Waals surface area contributed by atoms with E-state index in [-0.39, 0.29) is 16.2 Å². The van der Waals surface area contributed by atoms with Crippen molar-refractivity contribution in [2.75, 3.05) is 0 Å². The van der Waals surface area contributed by atoms with Gasteiger partial charge in [0.05, 0.1) is 39.8 Å². The van der Waals surface area contributed by atoms with Crippen molar-refractivity contribution in [3.8, 4) is 34.4 Å². The second-order valence-electron chi connectivity index (χ2n) is 27.8. The van der Waals surface area contributed by atoms with Gasteiger partial charge in [0.25, 0.3) is 0 Å². The van der Waals surface area contributed by atoms with Gasteiger partial charge in [-0.2, -0.15) is 10.5 Å². The van der Waals surface area contributed by atoms with Crippen LogP contribution in [-0.4, -0.2) is 4.40 Å². The van der Waals surface area contributed by atoms with Gasteiger partial charge in [-0.3, -0.25) is 0 Å². The topological polar surface area (TPSA) is 52.0 Å². The van der Waals surface area contributed by atoms with Crippen LogP contribution in [0.25, 0.3) is 60.3 Å². The molecule has 0 N–H and O–H groups in total. The van der Waals surface area contributed by atoms with Crippen molar-refractivity contribution < 1.29 is 0 Å². The Morgan fingerprint density at radius 2 is 1.07 bits per heavy atom. The molecule has 6 bridgehead atoms. The summed E-state index contributed by atoms with van der Waals surface area (Å²) < 4.78 is 2.68.